The predicted octanol–water partition coefficient (Wildman–Crippen LogP) is 4.63. The quantitative estimate of drug-likeness (QED) is 0.640. The smallest absolute Gasteiger partial charge is 0.0585 e. The van der Waals surface area contributed by atoms with Gasteiger partial charge in [-0.15, -0.1) is 11.8 Å². The van der Waals surface area contributed by atoms with Gasteiger partial charge in [0.05, 0.1) is 6.04 Å². The highest BCUT2D eigenvalue weighted by Gasteiger charge is 2.49. The zero-order valence-corrected chi connectivity index (χ0v) is 15.0. The van der Waals surface area contributed by atoms with E-state index >= 15 is 0 Å². The minimum absolute atomic E-state index is 0.541. The summed E-state index contributed by atoms with van der Waals surface area (Å²) in [7, 11) is 0. The van der Waals surface area contributed by atoms with Crippen LogP contribution in [-0.2, 0) is 0 Å². The van der Waals surface area contributed by atoms with Crippen molar-refractivity contribution < 1.29 is 0 Å². The second-order valence-electron chi connectivity index (χ2n) is 7.91. The minimum atomic E-state index is 0.541. The molecule has 25 heavy (non-hydrogen) atoms. The number of rotatable bonds is 1. The summed E-state index contributed by atoms with van der Waals surface area (Å²) in [5.41, 5.74) is 6.43. The average Bonchev–Trinajstić information content (AvgIpc) is 2.88. The number of hydrogen-bond donors (Lipinski definition) is 0. The van der Waals surface area contributed by atoms with Gasteiger partial charge >= 0.3 is 0 Å². The van der Waals surface area contributed by atoms with E-state index < -0.39 is 0 Å². The monoisotopic (exact) mass is 330 g/mol. The van der Waals surface area contributed by atoms with Crippen molar-refractivity contribution >= 4 is 6.21 Å². The number of dihydropyridines is 1. The molecule has 128 valence electrons. The van der Waals surface area contributed by atoms with E-state index in [9.17, 15) is 0 Å². The van der Waals surface area contributed by atoms with Gasteiger partial charge in [-0.05, 0) is 62.2 Å². The van der Waals surface area contributed by atoms with Crippen LogP contribution in [0.25, 0.3) is 0 Å². The van der Waals surface area contributed by atoms with Crippen molar-refractivity contribution in [3.63, 3.8) is 0 Å². The van der Waals surface area contributed by atoms with Crippen LogP contribution in [0.5, 0.6) is 0 Å². The molecule has 2 heteroatoms. The van der Waals surface area contributed by atoms with Crippen LogP contribution in [0.2, 0.25) is 0 Å². The fourth-order valence-corrected chi connectivity index (χ4v) is 5.65. The van der Waals surface area contributed by atoms with Gasteiger partial charge in [-0.2, -0.15) is 0 Å². The van der Waals surface area contributed by atoms with Crippen LogP contribution in [0.3, 0.4) is 0 Å². The maximum absolute atomic E-state index is 4.62. The van der Waals surface area contributed by atoms with Crippen LogP contribution in [0.1, 0.15) is 45.4 Å². The van der Waals surface area contributed by atoms with Gasteiger partial charge in [0.2, 0.25) is 0 Å². The first-order valence-corrected chi connectivity index (χ1v) is 9.87. The number of aliphatic imine (C=N–C) groups is 1. The van der Waals surface area contributed by atoms with E-state index in [1.165, 1.54) is 31.3 Å². The highest BCUT2D eigenvalue weighted by atomic mass is 15.2. The summed E-state index contributed by atoms with van der Waals surface area (Å²) in [6, 6.07) is 0.541. The van der Waals surface area contributed by atoms with E-state index in [1.807, 2.05) is 13.1 Å². The van der Waals surface area contributed by atoms with Crippen LogP contribution >= 0.6 is 0 Å². The van der Waals surface area contributed by atoms with Crippen molar-refractivity contribution in [2.45, 2.75) is 51.5 Å². The summed E-state index contributed by atoms with van der Waals surface area (Å²) in [6.45, 7) is 2.95. The Labute approximate surface area is 151 Å². The third-order valence-corrected chi connectivity index (χ3v) is 6.75. The van der Waals surface area contributed by atoms with E-state index in [2.05, 4.69) is 46.0 Å². The molecule has 5 rings (SSSR count). The lowest BCUT2D eigenvalue weighted by Crippen LogP contribution is -2.34. The Morgan fingerprint density at radius 2 is 2.20 bits per heavy atom. The molecule has 0 saturated carbocycles. The summed E-state index contributed by atoms with van der Waals surface area (Å²) in [6.07, 6.45) is 18.8. The fraction of sp³-hybridized carbons (Fsp3) is 0.522. The molecule has 2 aliphatic carbocycles. The second kappa shape index (κ2) is 6.06. The zero-order chi connectivity index (χ0) is 16.8. The normalized spacial score (nSPS) is 35.0. The molecule has 0 amide bonds. The number of nitrogens with zero attached hydrogens (tertiary/aromatic N) is 2. The van der Waals surface area contributed by atoms with Gasteiger partial charge in [0.1, 0.15) is 0 Å². The van der Waals surface area contributed by atoms with Gasteiger partial charge in [0.25, 0.3) is 0 Å². The Morgan fingerprint density at radius 3 is 3.12 bits per heavy atom. The Kier molecular flexibility index (Phi) is 3.70. The molecule has 0 aromatic carbocycles. The van der Waals surface area contributed by atoms with Gasteiger partial charge in [0, 0.05) is 42.4 Å². The Balaban J connectivity index is 1.66. The van der Waals surface area contributed by atoms with Crippen molar-refractivity contribution in [2.24, 2.45) is 22.7 Å². The molecule has 0 aromatic heterocycles. The first-order valence-electron chi connectivity index (χ1n) is 9.87. The first kappa shape index (κ1) is 15.3. The van der Waals surface area contributed by atoms with E-state index in [-0.39, 0.29) is 0 Å². The maximum Gasteiger partial charge on any atom is 0.0585 e. The lowest BCUT2D eigenvalue weighted by Gasteiger charge is -2.37. The summed E-state index contributed by atoms with van der Waals surface area (Å²) >= 11 is 0. The molecule has 0 radical (unpaired) electrons. The van der Waals surface area contributed by atoms with Crippen molar-refractivity contribution in [1.82, 2.24) is 4.90 Å². The Morgan fingerprint density at radius 1 is 1.24 bits per heavy atom. The van der Waals surface area contributed by atoms with Gasteiger partial charge < -0.3 is 4.90 Å². The van der Waals surface area contributed by atoms with Gasteiger partial charge in [0.15, 0.2) is 0 Å². The van der Waals surface area contributed by atoms with Crippen LogP contribution in [0.4, 0.5) is 0 Å². The summed E-state index contributed by atoms with van der Waals surface area (Å²) in [5, 5.41) is 0. The second-order valence-corrected chi connectivity index (χ2v) is 7.91. The average molecular weight is 330 g/mol. The molecule has 1 saturated heterocycles. The van der Waals surface area contributed by atoms with Crippen molar-refractivity contribution in [3.05, 3.63) is 46.8 Å². The molecular formula is C23H26N2. The van der Waals surface area contributed by atoms with Crippen LogP contribution in [0, 0.1) is 29.6 Å². The zero-order valence-electron chi connectivity index (χ0n) is 15.0. The molecule has 0 aromatic rings. The lowest BCUT2D eigenvalue weighted by atomic mass is 9.74. The number of fused-ring (bicyclic) bond motifs is 5. The Hall–Kier alpha value is -2.01. The molecule has 5 aliphatic rings. The molecular weight excluding hydrogens is 304 g/mol. The SMILES string of the molecule is CC#CCC1CC[C@H]2C3=C1CC=C1C=CCCC1N3C1=CC=NC[C@@H]12. The van der Waals surface area contributed by atoms with Crippen molar-refractivity contribution in [1.29, 1.82) is 0 Å². The summed E-state index contributed by atoms with van der Waals surface area (Å²) < 4.78 is 0. The van der Waals surface area contributed by atoms with Gasteiger partial charge in [-0.25, -0.2) is 0 Å². The van der Waals surface area contributed by atoms with Gasteiger partial charge in [-0.3, -0.25) is 4.99 Å². The van der Waals surface area contributed by atoms with Crippen LogP contribution in [-0.4, -0.2) is 23.7 Å². The van der Waals surface area contributed by atoms with Gasteiger partial charge in [-0.1, -0.05) is 18.2 Å². The third-order valence-electron chi connectivity index (χ3n) is 6.75. The Bertz CT molecular complexity index is 796. The predicted molar refractivity (Wildman–Crippen MR) is 103 cm³/mol. The molecule has 2 unspecified atom stereocenters. The molecule has 3 aliphatic heterocycles. The molecule has 0 bridgehead atoms. The van der Waals surface area contributed by atoms with E-state index in [0.717, 1.165) is 19.4 Å². The minimum Gasteiger partial charge on any atom is -0.341 e. The molecule has 2 nitrogen and oxygen atoms in total. The van der Waals surface area contributed by atoms with E-state index in [0.29, 0.717) is 23.8 Å². The summed E-state index contributed by atoms with van der Waals surface area (Å²) in [4.78, 5) is 7.37. The standard InChI is InChI=1S/C23H26N2/c1-2-3-6-16-9-12-19-20-15-24-14-13-22(20)25-21-8-5-4-7-17(21)10-11-18(16)23(19)25/h4,7,10,13-14,16,19-21H,5-6,8-9,11-12,15H2,1H3/t16?,19-,20-,21?/m1/s1. The van der Waals surface area contributed by atoms with Crippen LogP contribution < -0.4 is 0 Å². The third kappa shape index (κ3) is 2.29. The van der Waals surface area contributed by atoms with Crippen molar-refractivity contribution in [3.8, 4) is 11.8 Å². The van der Waals surface area contributed by atoms with Crippen molar-refractivity contribution in [2.75, 3.05) is 6.54 Å². The van der Waals surface area contributed by atoms with Crippen LogP contribution in [0.15, 0.2) is 51.8 Å². The summed E-state index contributed by atoms with van der Waals surface area (Å²) in [5.74, 6) is 8.43. The first-order chi connectivity index (χ1) is 12.4. The molecule has 1 fully saturated rings. The highest BCUT2D eigenvalue weighted by molar-refractivity contribution is 5.74. The fourth-order valence-electron chi connectivity index (χ4n) is 5.65. The topological polar surface area (TPSA) is 15.6 Å². The maximum atomic E-state index is 4.62. The largest absolute Gasteiger partial charge is 0.341 e. The number of allylic oxidation sites excluding steroid dienone is 5. The molecule has 0 spiro atoms. The number of hydrogen-bond acceptors (Lipinski definition) is 2. The molecule has 0 N–H and O–H groups in total. The molecule has 3 heterocycles. The lowest BCUT2D eigenvalue weighted by molar-refractivity contribution is 0.319. The molecule has 4 atom stereocenters. The highest BCUT2D eigenvalue weighted by Crippen LogP contribution is 2.55. The van der Waals surface area contributed by atoms with E-state index in [1.54, 1.807) is 17.0 Å². The van der Waals surface area contributed by atoms with E-state index in [4.69, 9.17) is 0 Å².